The zero-order chi connectivity index (χ0) is 13.9. The van der Waals surface area contributed by atoms with Crippen LogP contribution in [0, 0.1) is 5.41 Å². The van der Waals surface area contributed by atoms with Crippen LogP contribution in [0.5, 0.6) is 5.75 Å². The molecule has 0 aromatic heterocycles. The minimum Gasteiger partial charge on any atom is -0.490 e. The molecule has 0 amide bonds. The molecule has 0 bridgehead atoms. The minimum absolute atomic E-state index is 0.138. The number of hydrogen-bond acceptors (Lipinski definition) is 2. The van der Waals surface area contributed by atoms with Gasteiger partial charge in [0.2, 0.25) is 0 Å². The highest BCUT2D eigenvalue weighted by atomic mass is 35.5. The fourth-order valence-electron chi connectivity index (χ4n) is 3.05. The molecule has 1 aromatic rings. The van der Waals surface area contributed by atoms with Crippen molar-refractivity contribution in [2.24, 2.45) is 5.41 Å². The van der Waals surface area contributed by atoms with Gasteiger partial charge >= 0.3 is 0 Å². The molecule has 106 valence electrons. The molecule has 0 radical (unpaired) electrons. The molecule has 2 unspecified atom stereocenters. The van der Waals surface area contributed by atoms with Crippen LogP contribution < -0.4 is 4.74 Å². The zero-order valence-corrected chi connectivity index (χ0v) is 12.7. The van der Waals surface area contributed by atoms with Crippen LogP contribution in [0.1, 0.15) is 38.7 Å². The van der Waals surface area contributed by atoms with Crippen LogP contribution in [0.2, 0.25) is 0 Å². The first-order chi connectivity index (χ1) is 9.16. The lowest BCUT2D eigenvalue weighted by Crippen LogP contribution is -2.56. The molecule has 1 fully saturated rings. The lowest BCUT2D eigenvalue weighted by molar-refractivity contribution is -0.0462. The van der Waals surface area contributed by atoms with Crippen LogP contribution in [0.3, 0.4) is 0 Å². The first kappa shape index (κ1) is 14.7. The normalized spacial score (nSPS) is 24.8. The molecule has 2 nitrogen and oxygen atoms in total. The Bertz CT molecular complexity index is 415. The summed E-state index contributed by atoms with van der Waals surface area (Å²) in [6, 6.07) is 8.13. The molecule has 2 rings (SSSR count). The summed E-state index contributed by atoms with van der Waals surface area (Å²) in [5.41, 5.74) is 1.28. The molecule has 1 saturated carbocycles. The maximum Gasteiger partial charge on any atom is 0.120 e. The SMILES string of the molecule is CCC1(CC)C(Cl)CC1Oc1cccc(COC)c1. The number of methoxy groups -OCH3 is 1. The van der Waals surface area contributed by atoms with E-state index in [1.165, 1.54) is 0 Å². The summed E-state index contributed by atoms with van der Waals surface area (Å²) in [5, 5.41) is 0.245. The molecule has 3 heteroatoms. The Morgan fingerprint density at radius 1 is 1.32 bits per heavy atom. The summed E-state index contributed by atoms with van der Waals surface area (Å²) in [7, 11) is 1.71. The summed E-state index contributed by atoms with van der Waals surface area (Å²) in [6.45, 7) is 5.03. The van der Waals surface area contributed by atoms with E-state index in [-0.39, 0.29) is 16.9 Å². The average Bonchev–Trinajstić information content (AvgIpc) is 2.41. The summed E-state index contributed by atoms with van der Waals surface area (Å²) in [5.74, 6) is 0.925. The van der Waals surface area contributed by atoms with E-state index in [0.29, 0.717) is 6.61 Å². The van der Waals surface area contributed by atoms with Gasteiger partial charge in [0.25, 0.3) is 0 Å². The van der Waals surface area contributed by atoms with Crippen molar-refractivity contribution in [1.82, 2.24) is 0 Å². The second kappa shape index (κ2) is 6.15. The first-order valence-electron chi connectivity index (χ1n) is 7.05. The standard InChI is InChI=1S/C16H23ClO2/c1-4-16(5-2)14(17)10-15(16)19-13-8-6-7-12(9-13)11-18-3/h6-9,14-15H,4-5,10-11H2,1-3H3. The maximum absolute atomic E-state index is 6.41. The molecule has 1 aromatic carbocycles. The molecule has 19 heavy (non-hydrogen) atoms. The first-order valence-corrected chi connectivity index (χ1v) is 7.48. The van der Waals surface area contributed by atoms with Crippen molar-refractivity contribution >= 4 is 11.6 Å². The fourth-order valence-corrected chi connectivity index (χ4v) is 3.66. The largest absolute Gasteiger partial charge is 0.490 e. The molecule has 1 aliphatic rings. The van der Waals surface area contributed by atoms with E-state index in [1.54, 1.807) is 7.11 Å². The van der Waals surface area contributed by atoms with E-state index in [1.807, 2.05) is 18.2 Å². The third-order valence-corrected chi connectivity index (χ3v) is 5.10. The molecule has 2 atom stereocenters. The highest BCUT2D eigenvalue weighted by Crippen LogP contribution is 2.51. The highest BCUT2D eigenvalue weighted by molar-refractivity contribution is 6.21. The summed E-state index contributed by atoms with van der Waals surface area (Å²) in [6.07, 6.45) is 3.32. The molecule has 0 saturated heterocycles. The molecule has 1 aliphatic carbocycles. The van der Waals surface area contributed by atoms with Gasteiger partial charge in [-0.05, 0) is 30.5 Å². The Balaban J connectivity index is 2.07. The minimum atomic E-state index is 0.138. The van der Waals surface area contributed by atoms with E-state index in [0.717, 1.165) is 30.6 Å². The van der Waals surface area contributed by atoms with Crippen molar-refractivity contribution in [3.05, 3.63) is 29.8 Å². The van der Waals surface area contributed by atoms with Crippen molar-refractivity contribution in [2.75, 3.05) is 7.11 Å². The summed E-state index contributed by atoms with van der Waals surface area (Å²) < 4.78 is 11.3. The van der Waals surface area contributed by atoms with E-state index >= 15 is 0 Å². The van der Waals surface area contributed by atoms with Gasteiger partial charge in [0.1, 0.15) is 11.9 Å². The van der Waals surface area contributed by atoms with Gasteiger partial charge in [0.15, 0.2) is 0 Å². The van der Waals surface area contributed by atoms with Crippen LogP contribution >= 0.6 is 11.6 Å². The second-order valence-corrected chi connectivity index (χ2v) is 5.86. The van der Waals surface area contributed by atoms with Crippen molar-refractivity contribution in [3.8, 4) is 5.75 Å². The smallest absolute Gasteiger partial charge is 0.120 e. The van der Waals surface area contributed by atoms with Gasteiger partial charge in [-0.3, -0.25) is 0 Å². The Kier molecular flexibility index (Phi) is 4.75. The molecule has 0 heterocycles. The number of ether oxygens (including phenoxy) is 2. The third-order valence-electron chi connectivity index (χ3n) is 4.49. The highest BCUT2D eigenvalue weighted by Gasteiger charge is 2.53. The Morgan fingerprint density at radius 2 is 2.05 bits per heavy atom. The molecular formula is C16H23ClO2. The second-order valence-electron chi connectivity index (χ2n) is 5.33. The van der Waals surface area contributed by atoms with Gasteiger partial charge in [-0.15, -0.1) is 11.6 Å². The molecular weight excluding hydrogens is 260 g/mol. The van der Waals surface area contributed by atoms with Crippen molar-refractivity contribution in [3.63, 3.8) is 0 Å². The van der Waals surface area contributed by atoms with Crippen molar-refractivity contribution in [2.45, 2.75) is 51.2 Å². The van der Waals surface area contributed by atoms with E-state index in [9.17, 15) is 0 Å². The van der Waals surface area contributed by atoms with E-state index in [2.05, 4.69) is 19.9 Å². The monoisotopic (exact) mass is 282 g/mol. The van der Waals surface area contributed by atoms with Gasteiger partial charge < -0.3 is 9.47 Å². The quantitative estimate of drug-likeness (QED) is 0.720. The number of hydrogen-bond donors (Lipinski definition) is 0. The lowest BCUT2D eigenvalue weighted by Gasteiger charge is -2.52. The van der Waals surface area contributed by atoms with Gasteiger partial charge in [0.05, 0.1) is 6.61 Å². The average molecular weight is 283 g/mol. The van der Waals surface area contributed by atoms with Gasteiger partial charge in [0, 0.05) is 24.3 Å². The summed E-state index contributed by atoms with van der Waals surface area (Å²) in [4.78, 5) is 0. The number of benzene rings is 1. The van der Waals surface area contributed by atoms with Gasteiger partial charge in [-0.1, -0.05) is 26.0 Å². The lowest BCUT2D eigenvalue weighted by atomic mass is 9.62. The predicted octanol–water partition coefficient (Wildman–Crippen LogP) is 4.40. The maximum atomic E-state index is 6.41. The van der Waals surface area contributed by atoms with Crippen molar-refractivity contribution < 1.29 is 9.47 Å². The Hall–Kier alpha value is -0.730. The Morgan fingerprint density at radius 3 is 2.63 bits per heavy atom. The van der Waals surface area contributed by atoms with Crippen LogP contribution in [-0.2, 0) is 11.3 Å². The van der Waals surface area contributed by atoms with Crippen LogP contribution in [-0.4, -0.2) is 18.6 Å². The molecule has 0 spiro atoms. The van der Waals surface area contributed by atoms with E-state index in [4.69, 9.17) is 21.1 Å². The van der Waals surface area contributed by atoms with Crippen LogP contribution in [0.15, 0.2) is 24.3 Å². The number of rotatable bonds is 6. The van der Waals surface area contributed by atoms with E-state index < -0.39 is 0 Å². The zero-order valence-electron chi connectivity index (χ0n) is 12.0. The predicted molar refractivity (Wildman–Crippen MR) is 78.8 cm³/mol. The number of halogens is 1. The molecule has 0 N–H and O–H groups in total. The number of alkyl halides is 1. The summed E-state index contributed by atoms with van der Waals surface area (Å²) >= 11 is 6.41. The topological polar surface area (TPSA) is 18.5 Å². The van der Waals surface area contributed by atoms with Gasteiger partial charge in [-0.2, -0.15) is 0 Å². The van der Waals surface area contributed by atoms with Crippen LogP contribution in [0.25, 0.3) is 0 Å². The third kappa shape index (κ3) is 2.75. The van der Waals surface area contributed by atoms with Gasteiger partial charge in [-0.25, -0.2) is 0 Å². The Labute approximate surface area is 121 Å². The van der Waals surface area contributed by atoms with Crippen LogP contribution in [0.4, 0.5) is 0 Å². The fraction of sp³-hybridized carbons (Fsp3) is 0.625. The molecule has 0 aliphatic heterocycles. The van der Waals surface area contributed by atoms with Crippen molar-refractivity contribution in [1.29, 1.82) is 0 Å².